The second kappa shape index (κ2) is 9.10. The molecule has 1 aromatic rings. The molecule has 4 aliphatic rings. The van der Waals surface area contributed by atoms with Gasteiger partial charge in [0.2, 0.25) is 5.91 Å². The van der Waals surface area contributed by atoms with E-state index in [0.717, 1.165) is 16.8 Å². The van der Waals surface area contributed by atoms with E-state index in [1.165, 1.54) is 4.90 Å². The number of benzene rings is 1. The van der Waals surface area contributed by atoms with Crippen LogP contribution < -0.4 is 4.90 Å². The average molecular weight is 509 g/mol. The third-order valence-corrected chi connectivity index (χ3v) is 8.48. The van der Waals surface area contributed by atoms with Crippen molar-refractivity contribution in [3.63, 3.8) is 0 Å². The molecule has 8 heteroatoms. The molecule has 1 aromatic carbocycles. The molecular weight excluding hydrogens is 472 g/mol. The van der Waals surface area contributed by atoms with Gasteiger partial charge in [0.1, 0.15) is 17.6 Å². The van der Waals surface area contributed by atoms with Gasteiger partial charge in [0.25, 0.3) is 5.91 Å². The SMILES string of the molecule is Cc1cccc(C)c1N1CC=C[C@]23O[C@]4(C)C=CCCOC(=O)[C@@H]4[C@H]2C(=O)N([C@@H](CO)C(C)C)C3C1=O. The predicted molar refractivity (Wildman–Crippen MR) is 138 cm³/mol. The standard InChI is InChI=1S/C29H36N2O6/c1-17(2)20(16-32)31-24-26(34)30(23-18(3)10-8-11-19(23)4)14-9-13-29(24)21(25(31)33)22-27(35)36-15-7-6-12-28(22,5)37-29/h6,8-13,17,20-22,24,32H,7,14-16H2,1-5H3/t20-,21-,22-,24?,28+,29-/m0/s1. The lowest BCUT2D eigenvalue weighted by Gasteiger charge is -2.41. The normalized spacial score (nSPS) is 34.0. The monoisotopic (exact) mass is 508 g/mol. The van der Waals surface area contributed by atoms with Crippen molar-refractivity contribution < 1.29 is 29.0 Å². The second-order valence-electron chi connectivity index (χ2n) is 11.2. The van der Waals surface area contributed by atoms with Gasteiger partial charge in [-0.15, -0.1) is 0 Å². The summed E-state index contributed by atoms with van der Waals surface area (Å²) in [7, 11) is 0. The number of aliphatic hydroxyl groups is 1. The van der Waals surface area contributed by atoms with Crippen molar-refractivity contribution in [3.8, 4) is 0 Å². The number of cyclic esters (lactones) is 1. The van der Waals surface area contributed by atoms with Gasteiger partial charge in [0, 0.05) is 12.2 Å². The summed E-state index contributed by atoms with van der Waals surface area (Å²) >= 11 is 0. The van der Waals surface area contributed by atoms with Gasteiger partial charge >= 0.3 is 5.97 Å². The summed E-state index contributed by atoms with van der Waals surface area (Å²) in [6, 6.07) is 4.20. The Morgan fingerprint density at radius 3 is 2.41 bits per heavy atom. The molecule has 4 aliphatic heterocycles. The van der Waals surface area contributed by atoms with Crippen LogP contribution in [0.2, 0.25) is 0 Å². The van der Waals surface area contributed by atoms with Gasteiger partial charge in [0.15, 0.2) is 0 Å². The van der Waals surface area contributed by atoms with Gasteiger partial charge < -0.3 is 24.4 Å². The molecule has 8 nitrogen and oxygen atoms in total. The fraction of sp³-hybridized carbons (Fsp3) is 0.552. The highest BCUT2D eigenvalue weighted by Gasteiger charge is 2.75. The van der Waals surface area contributed by atoms with Crippen LogP contribution in [0.3, 0.4) is 0 Å². The van der Waals surface area contributed by atoms with E-state index >= 15 is 0 Å². The molecule has 4 heterocycles. The van der Waals surface area contributed by atoms with Gasteiger partial charge in [-0.3, -0.25) is 14.4 Å². The third kappa shape index (κ3) is 3.67. The third-order valence-electron chi connectivity index (χ3n) is 8.48. The first-order valence-corrected chi connectivity index (χ1v) is 13.1. The number of aliphatic hydroxyl groups excluding tert-OH is 1. The number of para-hydroxylation sites is 1. The Kier molecular flexibility index (Phi) is 6.31. The Hall–Kier alpha value is -2.97. The number of fused-ring (bicyclic) bond motifs is 2. The Morgan fingerprint density at radius 1 is 1.05 bits per heavy atom. The van der Waals surface area contributed by atoms with Crippen molar-refractivity contribution in [2.24, 2.45) is 17.8 Å². The van der Waals surface area contributed by atoms with Crippen molar-refractivity contribution in [1.29, 1.82) is 0 Å². The molecule has 2 amide bonds. The number of nitrogens with zero attached hydrogens (tertiary/aromatic N) is 2. The first-order valence-electron chi connectivity index (χ1n) is 13.1. The van der Waals surface area contributed by atoms with E-state index in [1.54, 1.807) is 11.8 Å². The number of rotatable bonds is 4. The van der Waals surface area contributed by atoms with Crippen LogP contribution in [0.1, 0.15) is 38.3 Å². The number of amides is 2. The minimum Gasteiger partial charge on any atom is -0.465 e. The van der Waals surface area contributed by atoms with E-state index in [4.69, 9.17) is 9.47 Å². The van der Waals surface area contributed by atoms with Crippen LogP contribution in [0, 0.1) is 31.6 Å². The Morgan fingerprint density at radius 2 is 1.76 bits per heavy atom. The summed E-state index contributed by atoms with van der Waals surface area (Å²) in [5, 5.41) is 10.4. The van der Waals surface area contributed by atoms with Crippen molar-refractivity contribution >= 4 is 23.5 Å². The minimum atomic E-state index is -1.38. The molecular formula is C29H36N2O6. The molecule has 0 saturated carbocycles. The lowest BCUT2D eigenvalue weighted by molar-refractivity contribution is -0.160. The number of anilines is 1. The summed E-state index contributed by atoms with van der Waals surface area (Å²) in [4.78, 5) is 45.5. The molecule has 0 aromatic heterocycles. The van der Waals surface area contributed by atoms with Crippen LogP contribution in [-0.2, 0) is 23.9 Å². The molecule has 1 spiro atoms. The summed E-state index contributed by atoms with van der Waals surface area (Å²) < 4.78 is 12.3. The van der Waals surface area contributed by atoms with Crippen LogP contribution in [0.15, 0.2) is 42.5 Å². The van der Waals surface area contributed by atoms with Crippen LogP contribution in [0.5, 0.6) is 0 Å². The van der Waals surface area contributed by atoms with E-state index in [-0.39, 0.29) is 30.9 Å². The first-order chi connectivity index (χ1) is 17.6. The zero-order chi connectivity index (χ0) is 26.7. The molecule has 37 heavy (non-hydrogen) atoms. The Balaban J connectivity index is 1.72. The van der Waals surface area contributed by atoms with Crippen LogP contribution in [-0.4, -0.2) is 70.8 Å². The van der Waals surface area contributed by atoms with E-state index < -0.39 is 41.1 Å². The lowest BCUT2D eigenvalue weighted by atomic mass is 9.74. The maximum atomic E-state index is 14.6. The number of carbonyl (C=O) groups excluding carboxylic acids is 3. The van der Waals surface area contributed by atoms with Gasteiger partial charge in [-0.1, -0.05) is 56.4 Å². The first kappa shape index (κ1) is 25.7. The summed E-state index contributed by atoms with van der Waals surface area (Å²) in [5.74, 6) is -3.15. The van der Waals surface area contributed by atoms with Gasteiger partial charge in [-0.25, -0.2) is 0 Å². The van der Waals surface area contributed by atoms with Crippen molar-refractivity contribution in [1.82, 2.24) is 4.90 Å². The van der Waals surface area contributed by atoms with Gasteiger partial charge in [-0.05, 0) is 44.2 Å². The van der Waals surface area contributed by atoms with Gasteiger partial charge in [-0.2, -0.15) is 0 Å². The molecule has 1 N–H and O–H groups in total. The number of hydrogen-bond donors (Lipinski definition) is 1. The van der Waals surface area contributed by atoms with Gasteiger partial charge in [0.05, 0.1) is 30.8 Å². The highest BCUT2D eigenvalue weighted by Crippen LogP contribution is 2.58. The molecule has 198 valence electrons. The molecule has 6 atom stereocenters. The quantitative estimate of drug-likeness (QED) is 0.496. The summed E-state index contributed by atoms with van der Waals surface area (Å²) in [6.07, 6.45) is 7.99. The lowest BCUT2D eigenvalue weighted by Crippen LogP contribution is -2.60. The maximum Gasteiger partial charge on any atom is 0.313 e. The van der Waals surface area contributed by atoms with E-state index in [0.29, 0.717) is 13.0 Å². The van der Waals surface area contributed by atoms with E-state index in [1.807, 2.05) is 70.2 Å². The molecule has 0 radical (unpaired) electrons. The molecule has 0 aliphatic carbocycles. The minimum absolute atomic E-state index is 0.130. The second-order valence-corrected chi connectivity index (χ2v) is 11.2. The molecule has 2 saturated heterocycles. The number of hydrogen-bond acceptors (Lipinski definition) is 6. The van der Waals surface area contributed by atoms with Crippen molar-refractivity contribution in [2.45, 2.75) is 64.3 Å². The number of ether oxygens (including phenoxy) is 2. The number of likely N-dealkylation sites (tertiary alicyclic amines) is 1. The highest BCUT2D eigenvalue weighted by molar-refractivity contribution is 6.06. The Labute approximate surface area is 217 Å². The fourth-order valence-corrected chi connectivity index (χ4v) is 6.84. The molecule has 0 bridgehead atoms. The Bertz CT molecular complexity index is 1170. The summed E-state index contributed by atoms with van der Waals surface area (Å²) in [5.41, 5.74) is 0.187. The fourth-order valence-electron chi connectivity index (χ4n) is 6.84. The highest BCUT2D eigenvalue weighted by atomic mass is 16.6. The number of esters is 1. The van der Waals surface area contributed by atoms with Crippen LogP contribution in [0.25, 0.3) is 0 Å². The maximum absolute atomic E-state index is 14.6. The van der Waals surface area contributed by atoms with Crippen LogP contribution in [0.4, 0.5) is 5.69 Å². The van der Waals surface area contributed by atoms with Crippen molar-refractivity contribution in [2.75, 3.05) is 24.7 Å². The number of aryl methyl sites for hydroxylation is 2. The zero-order valence-corrected chi connectivity index (χ0v) is 22.1. The largest absolute Gasteiger partial charge is 0.465 e. The smallest absolute Gasteiger partial charge is 0.313 e. The molecule has 1 unspecified atom stereocenters. The average Bonchev–Trinajstić information content (AvgIpc) is 3.15. The molecule has 5 rings (SSSR count). The number of carbonyl (C=O) groups is 3. The predicted octanol–water partition coefficient (Wildman–Crippen LogP) is 2.70. The zero-order valence-electron chi connectivity index (χ0n) is 22.1. The molecule has 2 fully saturated rings. The van der Waals surface area contributed by atoms with E-state index in [9.17, 15) is 19.5 Å². The van der Waals surface area contributed by atoms with Crippen molar-refractivity contribution in [3.05, 3.63) is 53.6 Å². The summed E-state index contributed by atoms with van der Waals surface area (Å²) in [6.45, 7) is 9.74. The topological polar surface area (TPSA) is 96.4 Å². The van der Waals surface area contributed by atoms with E-state index in [2.05, 4.69) is 0 Å². The van der Waals surface area contributed by atoms with Crippen LogP contribution >= 0.6 is 0 Å².